The SMILES string of the molecule is CCC(Oc1ccccc1F)C(=O)N1CCC(n2cc(C(=O)O)cn2)CC1. The fourth-order valence-corrected chi connectivity index (χ4v) is 3.20. The normalized spacial score (nSPS) is 16.1. The molecule has 1 fully saturated rings. The summed E-state index contributed by atoms with van der Waals surface area (Å²) >= 11 is 0. The molecule has 2 aromatic rings. The molecule has 0 aliphatic carbocycles. The van der Waals surface area contributed by atoms with Crippen LogP contribution in [0.3, 0.4) is 0 Å². The number of benzene rings is 1. The van der Waals surface area contributed by atoms with Crippen LogP contribution in [0.2, 0.25) is 0 Å². The van der Waals surface area contributed by atoms with Crippen molar-refractivity contribution in [3.8, 4) is 5.75 Å². The van der Waals surface area contributed by atoms with Crippen LogP contribution in [-0.2, 0) is 4.79 Å². The standard InChI is InChI=1S/C19H22FN3O4/c1-2-16(27-17-6-4-3-5-15(17)20)18(24)22-9-7-14(8-10-22)23-12-13(11-21-23)19(25)26/h3-6,11-12,14,16H,2,7-10H2,1H3,(H,25,26). The average Bonchev–Trinajstić information content (AvgIpc) is 3.17. The van der Waals surface area contributed by atoms with Crippen LogP contribution in [0.5, 0.6) is 5.75 Å². The van der Waals surface area contributed by atoms with Gasteiger partial charge in [-0.1, -0.05) is 19.1 Å². The minimum Gasteiger partial charge on any atom is -0.478 e. The molecular weight excluding hydrogens is 353 g/mol. The Morgan fingerprint density at radius 1 is 1.33 bits per heavy atom. The number of ether oxygens (including phenoxy) is 1. The lowest BCUT2D eigenvalue weighted by atomic mass is 10.0. The largest absolute Gasteiger partial charge is 0.478 e. The zero-order valence-corrected chi connectivity index (χ0v) is 15.0. The number of hydrogen-bond donors (Lipinski definition) is 1. The van der Waals surface area contributed by atoms with Gasteiger partial charge in [0.1, 0.15) is 0 Å². The van der Waals surface area contributed by atoms with Crippen LogP contribution in [0.25, 0.3) is 0 Å². The number of carbonyl (C=O) groups excluding carboxylic acids is 1. The van der Waals surface area contributed by atoms with E-state index in [-0.39, 0.29) is 23.3 Å². The number of piperidine rings is 1. The van der Waals surface area contributed by atoms with Gasteiger partial charge in [-0.3, -0.25) is 9.48 Å². The monoisotopic (exact) mass is 375 g/mol. The summed E-state index contributed by atoms with van der Waals surface area (Å²) in [5.41, 5.74) is 0.151. The summed E-state index contributed by atoms with van der Waals surface area (Å²) in [6.07, 6.45) is 3.89. The highest BCUT2D eigenvalue weighted by atomic mass is 19.1. The molecule has 1 unspecified atom stereocenters. The zero-order chi connectivity index (χ0) is 19.4. The molecule has 8 heteroatoms. The van der Waals surface area contributed by atoms with Gasteiger partial charge in [0.2, 0.25) is 0 Å². The molecule has 1 amide bonds. The Balaban J connectivity index is 1.59. The van der Waals surface area contributed by atoms with Crippen molar-refractivity contribution in [3.63, 3.8) is 0 Å². The second-order valence-electron chi connectivity index (χ2n) is 6.52. The summed E-state index contributed by atoms with van der Waals surface area (Å²) in [6.45, 7) is 2.86. The van der Waals surface area contributed by atoms with E-state index in [2.05, 4.69) is 5.10 Å². The number of nitrogens with zero attached hydrogens (tertiary/aromatic N) is 3. The molecule has 144 valence electrons. The van der Waals surface area contributed by atoms with Crippen molar-refractivity contribution in [2.75, 3.05) is 13.1 Å². The number of aromatic nitrogens is 2. The van der Waals surface area contributed by atoms with Gasteiger partial charge in [0, 0.05) is 19.3 Å². The Bertz CT molecular complexity index is 815. The van der Waals surface area contributed by atoms with E-state index in [1.807, 2.05) is 6.92 Å². The van der Waals surface area contributed by atoms with Gasteiger partial charge in [-0.15, -0.1) is 0 Å². The van der Waals surface area contributed by atoms with Crippen molar-refractivity contribution in [2.45, 2.75) is 38.3 Å². The molecule has 1 saturated heterocycles. The number of halogens is 1. The van der Waals surface area contributed by atoms with Crippen LogP contribution in [0.4, 0.5) is 4.39 Å². The minimum atomic E-state index is -1.01. The van der Waals surface area contributed by atoms with E-state index in [1.54, 1.807) is 21.7 Å². The van der Waals surface area contributed by atoms with E-state index < -0.39 is 17.9 Å². The highest BCUT2D eigenvalue weighted by molar-refractivity contribution is 5.86. The number of carbonyl (C=O) groups is 2. The predicted octanol–water partition coefficient (Wildman–Crippen LogP) is 2.74. The summed E-state index contributed by atoms with van der Waals surface area (Å²) in [5.74, 6) is -1.59. The highest BCUT2D eigenvalue weighted by Gasteiger charge is 2.30. The number of rotatable bonds is 6. The van der Waals surface area contributed by atoms with Crippen LogP contribution >= 0.6 is 0 Å². The Kier molecular flexibility index (Phi) is 5.73. The molecule has 0 radical (unpaired) electrons. The first kappa shape index (κ1) is 18.9. The second-order valence-corrected chi connectivity index (χ2v) is 6.52. The summed E-state index contributed by atoms with van der Waals surface area (Å²) < 4.78 is 21.0. The van der Waals surface area contributed by atoms with Gasteiger partial charge in [0.15, 0.2) is 17.7 Å². The van der Waals surface area contributed by atoms with E-state index in [4.69, 9.17) is 9.84 Å². The van der Waals surface area contributed by atoms with Gasteiger partial charge in [-0.2, -0.15) is 5.10 Å². The summed E-state index contributed by atoms with van der Waals surface area (Å²) in [4.78, 5) is 25.4. The Morgan fingerprint density at radius 3 is 2.63 bits per heavy atom. The van der Waals surface area contributed by atoms with Crippen LogP contribution < -0.4 is 4.74 Å². The number of hydrogen-bond acceptors (Lipinski definition) is 4. The van der Waals surface area contributed by atoms with Gasteiger partial charge < -0.3 is 14.7 Å². The highest BCUT2D eigenvalue weighted by Crippen LogP contribution is 2.24. The van der Waals surface area contributed by atoms with Crippen molar-refractivity contribution in [3.05, 3.63) is 48.0 Å². The molecule has 1 aliphatic heterocycles. The van der Waals surface area contributed by atoms with E-state index in [9.17, 15) is 14.0 Å². The molecule has 0 bridgehead atoms. The molecule has 2 heterocycles. The lowest BCUT2D eigenvalue weighted by Crippen LogP contribution is -2.46. The molecule has 1 atom stereocenters. The number of carboxylic acids is 1. The van der Waals surface area contributed by atoms with Crippen molar-refractivity contribution in [2.24, 2.45) is 0 Å². The zero-order valence-electron chi connectivity index (χ0n) is 15.0. The third-order valence-corrected chi connectivity index (χ3v) is 4.75. The van der Waals surface area contributed by atoms with Crippen LogP contribution in [-0.4, -0.2) is 50.9 Å². The minimum absolute atomic E-state index is 0.0507. The molecule has 27 heavy (non-hydrogen) atoms. The fourth-order valence-electron chi connectivity index (χ4n) is 3.20. The average molecular weight is 375 g/mol. The molecular formula is C19H22FN3O4. The molecule has 0 spiro atoms. The van der Waals surface area contributed by atoms with Gasteiger partial charge >= 0.3 is 5.97 Å². The topological polar surface area (TPSA) is 84.7 Å². The lowest BCUT2D eigenvalue weighted by molar-refractivity contribution is -0.140. The second kappa shape index (κ2) is 8.20. The first-order valence-electron chi connectivity index (χ1n) is 8.97. The van der Waals surface area contributed by atoms with Gasteiger partial charge in [0.05, 0.1) is 17.8 Å². The van der Waals surface area contributed by atoms with E-state index in [1.165, 1.54) is 24.5 Å². The molecule has 1 aromatic heterocycles. The van der Waals surface area contributed by atoms with Crippen LogP contribution in [0.1, 0.15) is 42.6 Å². The first-order chi connectivity index (χ1) is 13.0. The molecule has 1 aromatic carbocycles. The number of para-hydroxylation sites is 1. The third kappa shape index (κ3) is 4.27. The maximum absolute atomic E-state index is 13.8. The van der Waals surface area contributed by atoms with Gasteiger partial charge in [-0.05, 0) is 31.4 Å². The predicted molar refractivity (Wildman–Crippen MR) is 95.1 cm³/mol. The summed E-state index contributed by atoms with van der Waals surface area (Å²) in [6, 6.07) is 6.09. The number of aromatic carboxylic acids is 1. The number of likely N-dealkylation sites (tertiary alicyclic amines) is 1. The molecule has 1 aliphatic rings. The van der Waals surface area contributed by atoms with Crippen LogP contribution in [0.15, 0.2) is 36.7 Å². The Morgan fingerprint density at radius 2 is 2.04 bits per heavy atom. The smallest absolute Gasteiger partial charge is 0.338 e. The van der Waals surface area contributed by atoms with Crippen LogP contribution in [0, 0.1) is 5.82 Å². The van der Waals surface area contributed by atoms with Gasteiger partial charge in [0.25, 0.3) is 5.91 Å². The molecule has 1 N–H and O–H groups in total. The third-order valence-electron chi connectivity index (χ3n) is 4.75. The fraction of sp³-hybridized carbons (Fsp3) is 0.421. The molecule has 7 nitrogen and oxygen atoms in total. The Hall–Kier alpha value is -2.90. The Labute approximate surface area is 156 Å². The lowest BCUT2D eigenvalue weighted by Gasteiger charge is -2.34. The summed E-state index contributed by atoms with van der Waals surface area (Å²) in [7, 11) is 0. The maximum atomic E-state index is 13.8. The maximum Gasteiger partial charge on any atom is 0.338 e. The van der Waals surface area contributed by atoms with Crippen molar-refractivity contribution in [1.29, 1.82) is 0 Å². The van der Waals surface area contributed by atoms with Crippen molar-refractivity contribution < 1.29 is 23.8 Å². The quantitative estimate of drug-likeness (QED) is 0.839. The van der Waals surface area contributed by atoms with Crippen molar-refractivity contribution >= 4 is 11.9 Å². The molecule has 0 saturated carbocycles. The summed E-state index contributed by atoms with van der Waals surface area (Å²) in [5, 5.41) is 13.1. The number of carboxylic acid groups (broad SMARTS) is 1. The van der Waals surface area contributed by atoms with Gasteiger partial charge in [-0.25, -0.2) is 9.18 Å². The number of amides is 1. The van der Waals surface area contributed by atoms with E-state index in [0.29, 0.717) is 32.4 Å². The molecule has 3 rings (SSSR count). The van der Waals surface area contributed by atoms with Crippen molar-refractivity contribution in [1.82, 2.24) is 14.7 Å². The van der Waals surface area contributed by atoms with E-state index in [0.717, 1.165) is 0 Å². The van der Waals surface area contributed by atoms with E-state index >= 15 is 0 Å². The first-order valence-corrected chi connectivity index (χ1v) is 8.97.